The zero-order valence-corrected chi connectivity index (χ0v) is 37.4. The van der Waals surface area contributed by atoms with Crippen molar-refractivity contribution in [3.8, 4) is 33.6 Å². The Morgan fingerprint density at radius 1 is 0.188 bits per heavy atom. The van der Waals surface area contributed by atoms with E-state index in [2.05, 4.69) is 250 Å². The van der Waals surface area contributed by atoms with Gasteiger partial charge in [-0.25, -0.2) is 0 Å². The smallest absolute Gasteiger partial charge is 0.0622 e. The normalized spacial score (nSPS) is 12.3. The van der Waals surface area contributed by atoms with E-state index in [4.69, 9.17) is 0 Å². The molecule has 16 rings (SSSR count). The van der Waals surface area contributed by atoms with Crippen molar-refractivity contribution in [3.63, 3.8) is 0 Å². The van der Waals surface area contributed by atoms with E-state index in [9.17, 15) is 0 Å². The van der Waals surface area contributed by atoms with Crippen molar-refractivity contribution in [3.05, 3.63) is 237 Å². The molecule has 0 N–H and O–H groups in total. The van der Waals surface area contributed by atoms with E-state index in [1.54, 1.807) is 0 Å². The summed E-state index contributed by atoms with van der Waals surface area (Å²) in [6.07, 6.45) is 0. The van der Waals surface area contributed by atoms with E-state index in [1.165, 1.54) is 148 Å². The van der Waals surface area contributed by atoms with Gasteiger partial charge in [-0.15, -0.1) is 0 Å². The molecule has 12 aromatic carbocycles. The number of nitrogens with zero attached hydrogens (tertiary/aromatic N) is 3. The third kappa shape index (κ3) is 5.06. The van der Waals surface area contributed by atoms with Gasteiger partial charge in [0.25, 0.3) is 0 Å². The van der Waals surface area contributed by atoms with E-state index < -0.39 is 0 Å². The fourth-order valence-corrected chi connectivity index (χ4v) is 12.3. The third-order valence-electron chi connectivity index (χ3n) is 15.3. The summed E-state index contributed by atoms with van der Waals surface area (Å²) in [5, 5.41) is 17.9. The van der Waals surface area contributed by atoms with Crippen molar-refractivity contribution >= 4 is 114 Å². The molecule has 69 heavy (non-hydrogen) atoms. The summed E-state index contributed by atoms with van der Waals surface area (Å²) >= 11 is 0. The topological polar surface area (TPSA) is 14.3 Å². The van der Waals surface area contributed by atoms with Crippen LogP contribution in [-0.4, -0.2) is 13.5 Å². The SMILES string of the molecule is c1ccc2c(c1)c1ccccc1c1cc(-n3c4ccccc4c4cc(-c5ccc(-c6ccc7c(c6)c6ccccc6n7-c6cc7c8ccccc8n8c9ccccc9c(c6)c78)cc5)ccc43)ccc21. The van der Waals surface area contributed by atoms with Gasteiger partial charge in [-0.05, 0) is 127 Å². The Morgan fingerprint density at radius 3 is 1.00 bits per heavy atom. The van der Waals surface area contributed by atoms with Crippen LogP contribution >= 0.6 is 0 Å². The number of rotatable bonds is 4. The van der Waals surface area contributed by atoms with Crippen molar-refractivity contribution in [1.29, 1.82) is 0 Å². The number of para-hydroxylation sites is 4. The molecule has 0 unspecified atom stereocenters. The summed E-state index contributed by atoms with van der Waals surface area (Å²) in [5.41, 5.74) is 15.8. The van der Waals surface area contributed by atoms with Gasteiger partial charge in [0.1, 0.15) is 0 Å². The van der Waals surface area contributed by atoms with Crippen LogP contribution in [-0.2, 0) is 0 Å². The third-order valence-corrected chi connectivity index (χ3v) is 15.3. The lowest BCUT2D eigenvalue weighted by Gasteiger charge is -2.14. The Labute approximate surface area is 395 Å². The summed E-state index contributed by atoms with van der Waals surface area (Å²) in [5.74, 6) is 0. The predicted molar refractivity (Wildman–Crippen MR) is 293 cm³/mol. The van der Waals surface area contributed by atoms with Gasteiger partial charge in [0.05, 0.1) is 38.6 Å². The minimum atomic E-state index is 1.17. The van der Waals surface area contributed by atoms with E-state index in [0.717, 1.165) is 0 Å². The van der Waals surface area contributed by atoms with Gasteiger partial charge in [0, 0.05) is 54.5 Å². The fourth-order valence-electron chi connectivity index (χ4n) is 12.3. The molecule has 0 aliphatic carbocycles. The molecule has 0 spiro atoms. The Kier molecular flexibility index (Phi) is 7.34. The molecule has 0 aliphatic heterocycles. The predicted octanol–water partition coefficient (Wildman–Crippen LogP) is 17.8. The van der Waals surface area contributed by atoms with Crippen LogP contribution in [0.5, 0.6) is 0 Å². The van der Waals surface area contributed by atoms with Crippen molar-refractivity contribution in [2.24, 2.45) is 0 Å². The Hall–Kier alpha value is -9.18. The molecule has 16 aromatic rings. The highest BCUT2D eigenvalue weighted by Gasteiger charge is 2.21. The number of hydrogen-bond donors (Lipinski definition) is 0. The zero-order valence-electron chi connectivity index (χ0n) is 37.4. The molecular formula is C66H39N3. The van der Waals surface area contributed by atoms with E-state index in [1.807, 2.05) is 0 Å². The van der Waals surface area contributed by atoms with Crippen LogP contribution in [0.2, 0.25) is 0 Å². The Morgan fingerprint density at radius 2 is 0.522 bits per heavy atom. The van der Waals surface area contributed by atoms with Gasteiger partial charge >= 0.3 is 0 Å². The van der Waals surface area contributed by atoms with Crippen LogP contribution in [0, 0.1) is 0 Å². The van der Waals surface area contributed by atoms with Crippen molar-refractivity contribution in [2.75, 3.05) is 0 Å². The summed E-state index contributed by atoms with van der Waals surface area (Å²) < 4.78 is 7.37. The monoisotopic (exact) mass is 873 g/mol. The molecular weight excluding hydrogens is 835 g/mol. The maximum atomic E-state index is 2.47. The number of fused-ring (bicyclic) bond motifs is 18. The first-order valence-electron chi connectivity index (χ1n) is 23.9. The molecule has 0 amide bonds. The minimum Gasteiger partial charge on any atom is -0.309 e. The second-order valence-electron chi connectivity index (χ2n) is 18.8. The van der Waals surface area contributed by atoms with Crippen molar-refractivity contribution in [2.45, 2.75) is 0 Å². The van der Waals surface area contributed by atoms with Gasteiger partial charge in [0.2, 0.25) is 0 Å². The molecule has 0 bridgehead atoms. The quantitative estimate of drug-likeness (QED) is 0.156. The maximum absolute atomic E-state index is 2.47. The van der Waals surface area contributed by atoms with Crippen LogP contribution in [0.4, 0.5) is 0 Å². The van der Waals surface area contributed by atoms with Crippen LogP contribution in [0.1, 0.15) is 0 Å². The molecule has 0 fully saturated rings. The molecule has 0 saturated heterocycles. The maximum Gasteiger partial charge on any atom is 0.0622 e. The standard InChI is InChI=1S/C66H39N3/c1-2-15-48-46(13-1)47-14-3-4-16-49(47)55-37-44(31-32-50(48)55)67-60-21-9-5-17-51(60)56-35-42(29-33-64(56)67)40-25-27-41(28-26-40)43-30-34-65-57(36-43)52-18-6-10-22-61(52)68(65)45-38-58-53-19-7-11-23-62(53)69-63-24-12-8-20-54(63)59(39-45)66(58)69/h1-39H. The highest BCUT2D eigenvalue weighted by Crippen LogP contribution is 2.44. The molecule has 0 saturated carbocycles. The van der Waals surface area contributed by atoms with Crippen LogP contribution in [0.3, 0.4) is 0 Å². The summed E-state index contributed by atoms with van der Waals surface area (Å²) in [6, 6.07) is 88.0. The number of aromatic nitrogens is 3. The minimum absolute atomic E-state index is 1.17. The summed E-state index contributed by atoms with van der Waals surface area (Å²) in [4.78, 5) is 0. The zero-order chi connectivity index (χ0) is 44.9. The van der Waals surface area contributed by atoms with Gasteiger partial charge in [0.15, 0.2) is 0 Å². The van der Waals surface area contributed by atoms with Crippen LogP contribution in [0.25, 0.3) is 148 Å². The van der Waals surface area contributed by atoms with Crippen molar-refractivity contribution in [1.82, 2.24) is 13.5 Å². The first kappa shape index (κ1) is 37.0. The lowest BCUT2D eigenvalue weighted by molar-refractivity contribution is 1.19. The molecule has 3 heteroatoms. The van der Waals surface area contributed by atoms with Gasteiger partial charge < -0.3 is 13.5 Å². The highest BCUT2D eigenvalue weighted by atomic mass is 15.0. The molecule has 3 nitrogen and oxygen atoms in total. The first-order chi connectivity index (χ1) is 34.2. The molecule has 0 atom stereocenters. The number of benzene rings is 12. The lowest BCUT2D eigenvalue weighted by Crippen LogP contribution is -1.94. The van der Waals surface area contributed by atoms with Crippen LogP contribution < -0.4 is 0 Å². The average molecular weight is 874 g/mol. The number of hydrogen-bond acceptors (Lipinski definition) is 0. The Bertz CT molecular complexity index is 4710. The van der Waals surface area contributed by atoms with Gasteiger partial charge in [-0.2, -0.15) is 0 Å². The van der Waals surface area contributed by atoms with Crippen molar-refractivity contribution < 1.29 is 0 Å². The molecule has 318 valence electrons. The second kappa shape index (κ2) is 13.7. The lowest BCUT2D eigenvalue weighted by atomic mass is 9.94. The molecule has 4 heterocycles. The second-order valence-corrected chi connectivity index (χ2v) is 18.8. The molecule has 4 aromatic heterocycles. The van der Waals surface area contributed by atoms with E-state index in [0.29, 0.717) is 0 Å². The fraction of sp³-hybridized carbons (Fsp3) is 0. The molecule has 0 radical (unpaired) electrons. The average Bonchev–Trinajstić information content (AvgIpc) is 4.15. The largest absolute Gasteiger partial charge is 0.309 e. The van der Waals surface area contributed by atoms with E-state index in [-0.39, 0.29) is 0 Å². The van der Waals surface area contributed by atoms with Gasteiger partial charge in [-0.1, -0.05) is 164 Å². The molecule has 0 aliphatic rings. The van der Waals surface area contributed by atoms with Crippen LogP contribution in [0.15, 0.2) is 237 Å². The first-order valence-corrected chi connectivity index (χ1v) is 23.9. The highest BCUT2D eigenvalue weighted by molar-refractivity contribution is 6.26. The summed E-state index contributed by atoms with van der Waals surface area (Å²) in [6.45, 7) is 0. The Balaban J connectivity index is 0.797. The van der Waals surface area contributed by atoms with E-state index >= 15 is 0 Å². The van der Waals surface area contributed by atoms with Gasteiger partial charge in [-0.3, -0.25) is 0 Å². The summed E-state index contributed by atoms with van der Waals surface area (Å²) in [7, 11) is 0.